The van der Waals surface area contributed by atoms with Crippen molar-refractivity contribution in [3.05, 3.63) is 22.7 Å². The third-order valence-electron chi connectivity index (χ3n) is 3.67. The second-order valence-electron chi connectivity index (χ2n) is 5.02. The number of hydrogen-bond donors (Lipinski definition) is 5. The van der Waals surface area contributed by atoms with E-state index in [9.17, 15) is 20.1 Å². The molecule has 0 amide bonds. The first kappa shape index (κ1) is 15.9. The number of nitrogens with zero attached hydrogens (tertiary/aromatic N) is 2. The normalized spacial score (nSPS) is 32.5. The van der Waals surface area contributed by atoms with Gasteiger partial charge in [-0.2, -0.15) is 4.98 Å². The monoisotopic (exact) mass is 300 g/mol. The van der Waals surface area contributed by atoms with Crippen LogP contribution in [0.2, 0.25) is 0 Å². The fourth-order valence-corrected chi connectivity index (χ4v) is 2.60. The Balaban J connectivity index is 2.50. The summed E-state index contributed by atoms with van der Waals surface area (Å²) in [6, 6.07) is 1.39. The molecule has 0 unspecified atom stereocenters. The van der Waals surface area contributed by atoms with E-state index >= 15 is 0 Å². The summed E-state index contributed by atoms with van der Waals surface area (Å²) >= 11 is 0. The quantitative estimate of drug-likeness (QED) is 0.394. The summed E-state index contributed by atoms with van der Waals surface area (Å²) in [5.41, 5.74) is 8.69. The van der Waals surface area contributed by atoms with E-state index in [4.69, 9.17) is 16.2 Å². The molecule has 0 saturated carbocycles. The topological polar surface area (TPSA) is 157 Å². The summed E-state index contributed by atoms with van der Waals surface area (Å²) in [4.78, 5) is 15.6. The molecule has 0 aromatic carbocycles. The maximum atomic E-state index is 12.0. The molecule has 1 aromatic heterocycles. The number of ether oxygens (including phenoxy) is 1. The van der Waals surface area contributed by atoms with Gasteiger partial charge < -0.3 is 31.5 Å². The molecule has 1 saturated heterocycles. The van der Waals surface area contributed by atoms with Gasteiger partial charge in [0.05, 0.1) is 6.61 Å². The maximum absolute atomic E-state index is 12.0. The predicted molar refractivity (Wildman–Crippen MR) is 73.1 cm³/mol. The van der Waals surface area contributed by atoms with Crippen molar-refractivity contribution in [2.75, 3.05) is 18.9 Å². The van der Waals surface area contributed by atoms with Crippen LogP contribution in [0.3, 0.4) is 0 Å². The lowest BCUT2D eigenvalue weighted by molar-refractivity contribution is -0.155. The minimum atomic E-state index is -1.52. The zero-order chi connectivity index (χ0) is 15.6. The van der Waals surface area contributed by atoms with Gasteiger partial charge in [0.2, 0.25) is 0 Å². The van der Waals surface area contributed by atoms with E-state index in [0.717, 1.165) is 4.57 Å². The summed E-state index contributed by atoms with van der Waals surface area (Å²) in [5.74, 6) is 0.0389. The molecular weight excluding hydrogens is 280 g/mol. The van der Waals surface area contributed by atoms with Crippen molar-refractivity contribution in [3.63, 3.8) is 0 Å². The first-order valence-corrected chi connectivity index (χ1v) is 6.67. The van der Waals surface area contributed by atoms with Gasteiger partial charge in [0, 0.05) is 6.20 Å². The molecule has 0 spiro atoms. The highest BCUT2D eigenvalue weighted by Crippen LogP contribution is 2.38. The highest BCUT2D eigenvalue weighted by molar-refractivity contribution is 5.24. The minimum absolute atomic E-state index is 0.0389. The molecule has 1 aliphatic rings. The predicted octanol–water partition coefficient (Wildman–Crippen LogP) is -2.67. The van der Waals surface area contributed by atoms with Crippen molar-refractivity contribution in [1.82, 2.24) is 9.55 Å². The lowest BCUT2D eigenvalue weighted by Crippen LogP contribution is -2.50. The summed E-state index contributed by atoms with van der Waals surface area (Å²) in [7, 11) is 0. The van der Waals surface area contributed by atoms with Gasteiger partial charge in [-0.25, -0.2) is 4.79 Å². The molecule has 1 aliphatic heterocycles. The summed E-state index contributed by atoms with van der Waals surface area (Å²) in [6.07, 6.45) is -1.75. The molecule has 7 N–H and O–H groups in total. The lowest BCUT2D eigenvalue weighted by Gasteiger charge is -2.33. The average molecular weight is 300 g/mol. The smallest absolute Gasteiger partial charge is 0.351 e. The Kier molecular flexibility index (Phi) is 4.59. The van der Waals surface area contributed by atoms with Gasteiger partial charge in [-0.05, 0) is 25.5 Å². The van der Waals surface area contributed by atoms with Gasteiger partial charge in [0.25, 0.3) is 0 Å². The first-order valence-electron chi connectivity index (χ1n) is 6.67. The summed E-state index contributed by atoms with van der Waals surface area (Å²) in [5, 5.41) is 29.5. The van der Waals surface area contributed by atoms with Crippen LogP contribution in [0.5, 0.6) is 0 Å². The van der Waals surface area contributed by atoms with E-state index in [1.165, 1.54) is 12.3 Å². The van der Waals surface area contributed by atoms with Crippen LogP contribution in [0.1, 0.15) is 12.8 Å². The number of aliphatic hydroxyl groups is 3. The third kappa shape index (κ3) is 2.65. The highest BCUT2D eigenvalue weighted by atomic mass is 16.6. The van der Waals surface area contributed by atoms with Gasteiger partial charge in [-0.3, -0.25) is 4.57 Å². The van der Waals surface area contributed by atoms with E-state index < -0.39 is 36.3 Å². The number of nitrogen functional groups attached to an aromatic ring is 1. The number of hydrogen-bond acceptors (Lipinski definition) is 8. The van der Waals surface area contributed by atoms with E-state index in [1.807, 2.05) is 0 Å². The fourth-order valence-electron chi connectivity index (χ4n) is 2.60. The van der Waals surface area contributed by atoms with Crippen molar-refractivity contribution in [2.45, 2.75) is 36.9 Å². The molecule has 2 rings (SSSR count). The molecule has 0 bridgehead atoms. The largest absolute Gasteiger partial charge is 0.394 e. The van der Waals surface area contributed by atoms with Crippen LogP contribution >= 0.6 is 0 Å². The molecule has 4 atom stereocenters. The van der Waals surface area contributed by atoms with Crippen LogP contribution in [0.25, 0.3) is 0 Å². The SMILES string of the molecule is NCCC[C@@]1(n2ccc(N)nc2=O)O[C@H](CO)[C@@H](O)[C@H]1O. The van der Waals surface area contributed by atoms with E-state index in [0.29, 0.717) is 13.0 Å². The Morgan fingerprint density at radius 3 is 2.71 bits per heavy atom. The molecular formula is C12H20N4O5. The van der Waals surface area contributed by atoms with Crippen LogP contribution in [-0.4, -0.2) is 56.3 Å². The standard InChI is InChI=1S/C12H20N4O5/c13-4-1-3-12(10(19)9(18)7(6-17)21-12)16-5-2-8(14)15-11(16)20/h2,5,7,9-10,17-19H,1,3-4,6,13H2,(H2,14,15,20)/t7-,9-,10-,12-/m1/s1. The van der Waals surface area contributed by atoms with Gasteiger partial charge in [0.15, 0.2) is 5.72 Å². The lowest BCUT2D eigenvalue weighted by atomic mass is 9.97. The number of aromatic nitrogens is 2. The second-order valence-corrected chi connectivity index (χ2v) is 5.02. The molecule has 1 fully saturated rings. The van der Waals surface area contributed by atoms with Gasteiger partial charge in [-0.15, -0.1) is 0 Å². The minimum Gasteiger partial charge on any atom is -0.394 e. The van der Waals surface area contributed by atoms with Gasteiger partial charge >= 0.3 is 5.69 Å². The molecule has 9 nitrogen and oxygen atoms in total. The van der Waals surface area contributed by atoms with Crippen molar-refractivity contribution < 1.29 is 20.1 Å². The Hall–Kier alpha value is -1.52. The fraction of sp³-hybridized carbons (Fsp3) is 0.667. The molecule has 21 heavy (non-hydrogen) atoms. The molecule has 0 radical (unpaired) electrons. The van der Waals surface area contributed by atoms with E-state index in [2.05, 4.69) is 4.98 Å². The Bertz CT molecular complexity index is 551. The number of aliphatic hydroxyl groups excluding tert-OH is 3. The van der Waals surface area contributed by atoms with E-state index in [1.54, 1.807) is 0 Å². The molecule has 118 valence electrons. The number of anilines is 1. The molecule has 9 heteroatoms. The Morgan fingerprint density at radius 1 is 1.48 bits per heavy atom. The number of nitrogens with two attached hydrogens (primary N) is 2. The number of rotatable bonds is 5. The maximum Gasteiger partial charge on any atom is 0.351 e. The van der Waals surface area contributed by atoms with Crippen molar-refractivity contribution >= 4 is 5.82 Å². The molecule has 2 heterocycles. The zero-order valence-corrected chi connectivity index (χ0v) is 11.4. The van der Waals surface area contributed by atoms with E-state index in [-0.39, 0.29) is 12.2 Å². The van der Waals surface area contributed by atoms with Crippen LogP contribution in [0.4, 0.5) is 5.82 Å². The summed E-state index contributed by atoms with van der Waals surface area (Å²) < 4.78 is 6.69. The zero-order valence-electron chi connectivity index (χ0n) is 11.4. The third-order valence-corrected chi connectivity index (χ3v) is 3.67. The van der Waals surface area contributed by atoms with Crippen LogP contribution in [-0.2, 0) is 10.5 Å². The Labute approximate surface area is 120 Å². The van der Waals surface area contributed by atoms with Gasteiger partial charge in [-0.1, -0.05) is 0 Å². The molecule has 0 aliphatic carbocycles. The Morgan fingerprint density at radius 2 is 2.19 bits per heavy atom. The van der Waals surface area contributed by atoms with Gasteiger partial charge in [0.1, 0.15) is 24.1 Å². The first-order chi connectivity index (χ1) is 9.96. The summed E-state index contributed by atoms with van der Waals surface area (Å²) in [6.45, 7) is -0.172. The van der Waals surface area contributed by atoms with Crippen LogP contribution < -0.4 is 17.2 Å². The van der Waals surface area contributed by atoms with Crippen molar-refractivity contribution in [3.8, 4) is 0 Å². The average Bonchev–Trinajstić information content (AvgIpc) is 2.70. The second kappa shape index (κ2) is 6.08. The van der Waals surface area contributed by atoms with Crippen LogP contribution in [0.15, 0.2) is 17.1 Å². The van der Waals surface area contributed by atoms with Crippen molar-refractivity contribution in [1.29, 1.82) is 0 Å². The van der Waals surface area contributed by atoms with Crippen LogP contribution in [0, 0.1) is 0 Å². The highest BCUT2D eigenvalue weighted by Gasteiger charge is 2.55. The molecule has 1 aromatic rings. The van der Waals surface area contributed by atoms with Crippen molar-refractivity contribution in [2.24, 2.45) is 5.73 Å².